The second-order valence-corrected chi connectivity index (χ2v) is 5.27. The molecule has 0 aliphatic heterocycles. The number of carboxylic acids is 2. The highest BCUT2D eigenvalue weighted by molar-refractivity contribution is 5.73. The van der Waals surface area contributed by atoms with Crippen molar-refractivity contribution in [1.82, 2.24) is 19.7 Å². The molecule has 1 fully saturated rings. The van der Waals surface area contributed by atoms with Gasteiger partial charge in [0.25, 0.3) is 0 Å². The number of aliphatic carboxylic acids is 2. The number of anilines is 1. The first-order chi connectivity index (χ1) is 13.3. The lowest BCUT2D eigenvalue weighted by atomic mass is 10.4. The van der Waals surface area contributed by atoms with Crippen LogP contribution in [0, 0.1) is 0 Å². The van der Waals surface area contributed by atoms with E-state index in [1.165, 1.54) is 19.2 Å². The molecule has 0 radical (unpaired) electrons. The highest BCUT2D eigenvalue weighted by Crippen LogP contribution is 2.23. The molecular weight excluding hydrogens is 416 g/mol. The van der Waals surface area contributed by atoms with Crippen LogP contribution in [0.3, 0.4) is 0 Å². The topological polar surface area (TPSA) is 130 Å². The standard InChI is InChI=1S/C10H11N5.2C2HF3O2/c1-2-8(1)14-10-4-3-9(5-12-10)15-7-11-6-13-15;2*3-2(4,5)1(6)7/h3-8H,1-2H2,(H,12,14);2*(H,6,7). The first kappa shape index (κ1) is 23.6. The molecule has 3 N–H and O–H groups in total. The third-order valence-electron chi connectivity index (χ3n) is 2.85. The van der Waals surface area contributed by atoms with Crippen LogP contribution in [0.2, 0.25) is 0 Å². The molecule has 9 nitrogen and oxygen atoms in total. The van der Waals surface area contributed by atoms with Gasteiger partial charge in [0.15, 0.2) is 0 Å². The maximum absolute atomic E-state index is 10.6. The van der Waals surface area contributed by atoms with Crippen molar-refractivity contribution in [2.45, 2.75) is 31.2 Å². The average molecular weight is 429 g/mol. The number of halogens is 6. The summed E-state index contributed by atoms with van der Waals surface area (Å²) in [4.78, 5) is 26.0. The Hall–Kier alpha value is -3.39. The van der Waals surface area contributed by atoms with Gasteiger partial charge in [0.05, 0.1) is 11.9 Å². The largest absolute Gasteiger partial charge is 0.490 e. The lowest BCUT2D eigenvalue weighted by Gasteiger charge is -2.04. The Bertz CT molecular complexity index is 764. The highest BCUT2D eigenvalue weighted by atomic mass is 19.4. The lowest BCUT2D eigenvalue weighted by molar-refractivity contribution is -0.193. The van der Waals surface area contributed by atoms with Gasteiger partial charge in [-0.05, 0) is 25.0 Å². The first-order valence-electron chi connectivity index (χ1n) is 7.48. The number of nitrogens with zero attached hydrogens (tertiary/aromatic N) is 4. The number of carboxylic acid groups (broad SMARTS) is 2. The predicted molar refractivity (Wildman–Crippen MR) is 83.2 cm³/mol. The lowest BCUT2D eigenvalue weighted by Crippen LogP contribution is -2.21. The molecule has 3 rings (SSSR count). The Morgan fingerprint density at radius 3 is 1.86 bits per heavy atom. The minimum atomic E-state index is -5.08. The second kappa shape index (κ2) is 9.70. The number of pyridine rings is 1. The quantitative estimate of drug-likeness (QED) is 0.635. The van der Waals surface area contributed by atoms with Crippen molar-refractivity contribution in [2.24, 2.45) is 0 Å². The summed E-state index contributed by atoms with van der Waals surface area (Å²) in [6, 6.07) is 4.58. The normalized spacial score (nSPS) is 13.3. The molecule has 0 atom stereocenters. The Balaban J connectivity index is 0.000000255. The SMILES string of the molecule is O=C(O)C(F)(F)F.O=C(O)C(F)(F)F.c1ncn(-c2ccc(NC3CC3)nc2)n1. The molecular formula is C14H13F6N5O4. The molecule has 2 aromatic heterocycles. The molecule has 1 saturated carbocycles. The van der Waals surface area contributed by atoms with Crippen molar-refractivity contribution in [3.05, 3.63) is 31.0 Å². The average Bonchev–Trinajstić information content (AvgIpc) is 3.24. The summed E-state index contributed by atoms with van der Waals surface area (Å²) in [5.74, 6) is -4.58. The van der Waals surface area contributed by atoms with Crippen LogP contribution in [0.15, 0.2) is 31.0 Å². The third kappa shape index (κ3) is 9.39. The number of aromatic nitrogens is 4. The molecule has 2 aromatic rings. The van der Waals surface area contributed by atoms with Gasteiger partial charge in [0.2, 0.25) is 0 Å². The zero-order valence-corrected chi connectivity index (χ0v) is 14.1. The molecule has 160 valence electrons. The Morgan fingerprint density at radius 2 is 1.55 bits per heavy atom. The molecule has 1 aliphatic carbocycles. The monoisotopic (exact) mass is 429 g/mol. The van der Waals surface area contributed by atoms with E-state index < -0.39 is 24.3 Å². The van der Waals surface area contributed by atoms with Crippen LogP contribution in [-0.4, -0.2) is 60.3 Å². The van der Waals surface area contributed by atoms with Crippen LogP contribution in [-0.2, 0) is 9.59 Å². The Morgan fingerprint density at radius 1 is 1.03 bits per heavy atom. The number of carbonyl (C=O) groups is 2. The van der Waals surface area contributed by atoms with E-state index >= 15 is 0 Å². The van der Waals surface area contributed by atoms with E-state index in [-0.39, 0.29) is 0 Å². The van der Waals surface area contributed by atoms with Crippen LogP contribution in [0.1, 0.15) is 12.8 Å². The molecule has 0 aromatic carbocycles. The Kier molecular flexibility index (Phi) is 7.91. The molecule has 0 amide bonds. The summed E-state index contributed by atoms with van der Waals surface area (Å²) in [5, 5.41) is 21.6. The van der Waals surface area contributed by atoms with Crippen LogP contribution in [0.25, 0.3) is 5.69 Å². The summed E-state index contributed by atoms with van der Waals surface area (Å²) in [7, 11) is 0. The van der Waals surface area contributed by atoms with Gasteiger partial charge in [-0.3, -0.25) is 0 Å². The fraction of sp³-hybridized carbons (Fsp3) is 0.357. The van der Waals surface area contributed by atoms with Crippen molar-refractivity contribution in [2.75, 3.05) is 5.32 Å². The first-order valence-corrected chi connectivity index (χ1v) is 7.48. The van der Waals surface area contributed by atoms with E-state index in [2.05, 4.69) is 20.4 Å². The van der Waals surface area contributed by atoms with Gasteiger partial charge in [-0.25, -0.2) is 24.2 Å². The maximum Gasteiger partial charge on any atom is 0.490 e. The van der Waals surface area contributed by atoms with Crippen LogP contribution in [0.5, 0.6) is 0 Å². The molecule has 29 heavy (non-hydrogen) atoms. The van der Waals surface area contributed by atoms with Crippen LogP contribution < -0.4 is 5.32 Å². The van der Waals surface area contributed by atoms with Gasteiger partial charge in [-0.1, -0.05) is 0 Å². The third-order valence-corrected chi connectivity index (χ3v) is 2.85. The smallest absolute Gasteiger partial charge is 0.475 e. The van der Waals surface area contributed by atoms with E-state index in [1.807, 2.05) is 12.1 Å². The predicted octanol–water partition coefficient (Wildman–Crippen LogP) is 2.50. The summed E-state index contributed by atoms with van der Waals surface area (Å²) in [5.41, 5.74) is 0.925. The van der Waals surface area contributed by atoms with Crippen molar-refractivity contribution >= 4 is 17.8 Å². The number of alkyl halides is 6. The van der Waals surface area contributed by atoms with Crippen LogP contribution in [0.4, 0.5) is 32.2 Å². The number of rotatable bonds is 3. The molecule has 0 bridgehead atoms. The van der Waals surface area contributed by atoms with E-state index in [9.17, 15) is 26.3 Å². The number of hydrogen-bond donors (Lipinski definition) is 3. The van der Waals surface area contributed by atoms with Gasteiger partial charge in [-0.2, -0.15) is 31.4 Å². The molecule has 1 aliphatic rings. The van der Waals surface area contributed by atoms with Gasteiger partial charge in [0, 0.05) is 6.04 Å². The summed E-state index contributed by atoms with van der Waals surface area (Å²) in [6.07, 6.45) is -2.69. The minimum Gasteiger partial charge on any atom is -0.475 e. The molecule has 0 unspecified atom stereocenters. The van der Waals surface area contributed by atoms with E-state index in [0.717, 1.165) is 11.5 Å². The van der Waals surface area contributed by atoms with Crippen molar-refractivity contribution in [3.8, 4) is 5.69 Å². The molecule has 2 heterocycles. The second-order valence-electron chi connectivity index (χ2n) is 5.27. The number of nitrogens with one attached hydrogen (secondary N) is 1. The minimum absolute atomic E-state index is 0.634. The zero-order chi connectivity index (χ0) is 22.2. The van der Waals surface area contributed by atoms with Crippen molar-refractivity contribution in [1.29, 1.82) is 0 Å². The fourth-order valence-corrected chi connectivity index (χ4v) is 1.39. The van der Waals surface area contributed by atoms with Gasteiger partial charge < -0.3 is 15.5 Å². The molecule has 0 spiro atoms. The fourth-order valence-electron chi connectivity index (χ4n) is 1.39. The summed E-state index contributed by atoms with van der Waals surface area (Å²) < 4.78 is 65.2. The molecule has 15 heteroatoms. The number of hydrogen-bond acceptors (Lipinski definition) is 6. The van der Waals surface area contributed by atoms with Gasteiger partial charge >= 0.3 is 24.3 Å². The van der Waals surface area contributed by atoms with E-state index in [1.54, 1.807) is 17.2 Å². The molecule has 0 saturated heterocycles. The van der Waals surface area contributed by atoms with Crippen molar-refractivity contribution < 1.29 is 46.1 Å². The van der Waals surface area contributed by atoms with Crippen molar-refractivity contribution in [3.63, 3.8) is 0 Å². The van der Waals surface area contributed by atoms with E-state index in [4.69, 9.17) is 19.8 Å². The van der Waals surface area contributed by atoms with Crippen LogP contribution >= 0.6 is 0 Å². The van der Waals surface area contributed by atoms with E-state index in [0.29, 0.717) is 6.04 Å². The van der Waals surface area contributed by atoms with Gasteiger partial charge in [0.1, 0.15) is 18.5 Å². The summed E-state index contributed by atoms with van der Waals surface area (Å²) >= 11 is 0. The Labute approximate surface area is 158 Å². The zero-order valence-electron chi connectivity index (χ0n) is 14.1. The highest BCUT2D eigenvalue weighted by Gasteiger charge is 2.38. The summed E-state index contributed by atoms with van der Waals surface area (Å²) in [6.45, 7) is 0. The van der Waals surface area contributed by atoms with Gasteiger partial charge in [-0.15, -0.1) is 0 Å². The maximum atomic E-state index is 10.6.